The molecule has 104 valence electrons. The van der Waals surface area contributed by atoms with Crippen molar-refractivity contribution in [3.63, 3.8) is 0 Å². The number of piperazine rings is 1. The molecule has 2 aliphatic rings. The molecule has 1 aromatic carbocycles. The van der Waals surface area contributed by atoms with Crippen LogP contribution >= 0.6 is 0 Å². The first-order chi connectivity index (χ1) is 9.03. The summed E-state index contributed by atoms with van der Waals surface area (Å²) in [5.74, 6) is 0. The minimum absolute atomic E-state index is 0.239. The van der Waals surface area contributed by atoms with Crippen LogP contribution in [-0.2, 0) is 19.4 Å². The largest absolute Gasteiger partial charge is 0.309 e. The molecule has 0 amide bonds. The first kappa shape index (κ1) is 13.1. The third-order valence-electron chi connectivity index (χ3n) is 4.65. The second-order valence-corrected chi connectivity index (χ2v) is 6.98. The van der Waals surface area contributed by atoms with E-state index in [1.54, 1.807) is 11.1 Å². The molecule has 3 rings (SSSR count). The van der Waals surface area contributed by atoms with Gasteiger partial charge in [-0.15, -0.1) is 0 Å². The number of aryl methyl sites for hydroxylation is 2. The van der Waals surface area contributed by atoms with Crippen LogP contribution < -0.4 is 5.32 Å². The van der Waals surface area contributed by atoms with Crippen molar-refractivity contribution in [2.75, 3.05) is 13.1 Å². The minimum Gasteiger partial charge on any atom is -0.309 e. The van der Waals surface area contributed by atoms with Crippen LogP contribution in [0.25, 0.3) is 0 Å². The number of nitrogens with zero attached hydrogens (tertiary/aromatic N) is 1. The molecule has 0 aromatic heterocycles. The van der Waals surface area contributed by atoms with E-state index in [1.807, 2.05) is 0 Å². The van der Waals surface area contributed by atoms with E-state index in [0.29, 0.717) is 6.04 Å². The van der Waals surface area contributed by atoms with Gasteiger partial charge in [0.2, 0.25) is 0 Å². The lowest BCUT2D eigenvalue weighted by molar-refractivity contribution is 0.0977. The van der Waals surface area contributed by atoms with Crippen LogP contribution in [0.3, 0.4) is 0 Å². The van der Waals surface area contributed by atoms with E-state index in [2.05, 4.69) is 49.2 Å². The summed E-state index contributed by atoms with van der Waals surface area (Å²) in [5, 5.41) is 3.62. The van der Waals surface area contributed by atoms with Crippen LogP contribution in [0.1, 0.15) is 43.9 Å². The second-order valence-electron chi connectivity index (χ2n) is 6.98. The summed E-state index contributed by atoms with van der Waals surface area (Å²) in [6, 6.07) is 7.77. The maximum Gasteiger partial charge on any atom is 0.0253 e. The third kappa shape index (κ3) is 2.85. The molecule has 1 heterocycles. The van der Waals surface area contributed by atoms with Gasteiger partial charge in [0.1, 0.15) is 0 Å². The van der Waals surface area contributed by atoms with E-state index in [9.17, 15) is 0 Å². The number of hydrogen-bond acceptors (Lipinski definition) is 2. The van der Waals surface area contributed by atoms with Gasteiger partial charge in [0, 0.05) is 31.2 Å². The Labute approximate surface area is 117 Å². The Kier molecular flexibility index (Phi) is 3.40. The lowest BCUT2D eigenvalue weighted by atomic mass is 9.98. The molecule has 1 fully saturated rings. The predicted molar refractivity (Wildman–Crippen MR) is 80.4 cm³/mol. The van der Waals surface area contributed by atoms with E-state index < -0.39 is 0 Å². The molecule has 1 unspecified atom stereocenters. The summed E-state index contributed by atoms with van der Waals surface area (Å²) < 4.78 is 0. The number of rotatable bonds is 2. The smallest absolute Gasteiger partial charge is 0.0253 e. The van der Waals surface area contributed by atoms with Crippen LogP contribution in [0.5, 0.6) is 0 Å². The Morgan fingerprint density at radius 2 is 2.05 bits per heavy atom. The normalized spacial score (nSPS) is 26.4. The van der Waals surface area contributed by atoms with E-state index in [4.69, 9.17) is 0 Å². The summed E-state index contributed by atoms with van der Waals surface area (Å²) in [7, 11) is 0. The van der Waals surface area contributed by atoms with Gasteiger partial charge in [0.15, 0.2) is 0 Å². The quantitative estimate of drug-likeness (QED) is 0.877. The van der Waals surface area contributed by atoms with Crippen LogP contribution in [-0.4, -0.2) is 29.6 Å². The molecule has 2 heteroatoms. The van der Waals surface area contributed by atoms with Crippen molar-refractivity contribution in [1.82, 2.24) is 10.2 Å². The van der Waals surface area contributed by atoms with Gasteiger partial charge in [0.05, 0.1) is 0 Å². The molecule has 1 aliphatic heterocycles. The molecule has 1 aliphatic carbocycles. The average Bonchev–Trinajstić information content (AvgIpc) is 2.81. The monoisotopic (exact) mass is 258 g/mol. The van der Waals surface area contributed by atoms with Crippen molar-refractivity contribution in [1.29, 1.82) is 0 Å². The Morgan fingerprint density at radius 1 is 1.26 bits per heavy atom. The fraction of sp³-hybridized carbons (Fsp3) is 0.647. The van der Waals surface area contributed by atoms with Gasteiger partial charge in [-0.05, 0) is 56.7 Å². The first-order valence-corrected chi connectivity index (χ1v) is 7.63. The highest BCUT2D eigenvalue weighted by molar-refractivity contribution is 5.35. The van der Waals surface area contributed by atoms with Gasteiger partial charge in [-0.2, -0.15) is 0 Å². The zero-order valence-corrected chi connectivity index (χ0v) is 12.5. The molecule has 0 spiro atoms. The molecule has 1 saturated heterocycles. The molecule has 1 atom stereocenters. The first-order valence-electron chi connectivity index (χ1n) is 7.63. The topological polar surface area (TPSA) is 15.3 Å². The van der Waals surface area contributed by atoms with Crippen molar-refractivity contribution in [3.8, 4) is 0 Å². The Bertz CT molecular complexity index is 464. The minimum atomic E-state index is 0.239. The lowest BCUT2D eigenvalue weighted by Gasteiger charge is -2.43. The fourth-order valence-corrected chi connectivity index (χ4v) is 3.44. The zero-order valence-electron chi connectivity index (χ0n) is 12.5. The van der Waals surface area contributed by atoms with E-state index >= 15 is 0 Å². The predicted octanol–water partition coefficient (Wildman–Crippen LogP) is 2.75. The van der Waals surface area contributed by atoms with Gasteiger partial charge < -0.3 is 5.32 Å². The fourth-order valence-electron chi connectivity index (χ4n) is 3.44. The SMILES string of the molecule is CC1CNC(C)(C)CN1Cc1ccc2c(c1)CCC2. The molecule has 0 radical (unpaired) electrons. The number of hydrogen-bond donors (Lipinski definition) is 1. The van der Waals surface area contributed by atoms with Crippen molar-refractivity contribution < 1.29 is 0 Å². The molecule has 0 saturated carbocycles. The van der Waals surface area contributed by atoms with E-state index in [1.165, 1.54) is 24.8 Å². The van der Waals surface area contributed by atoms with Crippen LogP contribution in [0.15, 0.2) is 18.2 Å². The molecular formula is C17H26N2. The maximum atomic E-state index is 3.62. The summed E-state index contributed by atoms with van der Waals surface area (Å²) in [4.78, 5) is 2.62. The van der Waals surface area contributed by atoms with Gasteiger partial charge in [-0.25, -0.2) is 0 Å². The van der Waals surface area contributed by atoms with Crippen molar-refractivity contribution >= 4 is 0 Å². The Balaban J connectivity index is 1.73. The van der Waals surface area contributed by atoms with Crippen molar-refractivity contribution in [2.45, 2.75) is 58.2 Å². The molecular weight excluding hydrogens is 232 g/mol. The highest BCUT2D eigenvalue weighted by atomic mass is 15.2. The van der Waals surface area contributed by atoms with Crippen LogP contribution in [0, 0.1) is 0 Å². The summed E-state index contributed by atoms with van der Waals surface area (Å²) in [5.41, 5.74) is 4.91. The second kappa shape index (κ2) is 4.92. The summed E-state index contributed by atoms with van der Waals surface area (Å²) in [6.07, 6.45) is 3.91. The number of fused-ring (bicyclic) bond motifs is 1. The van der Waals surface area contributed by atoms with Gasteiger partial charge in [0.25, 0.3) is 0 Å². The van der Waals surface area contributed by atoms with E-state index in [0.717, 1.165) is 19.6 Å². The molecule has 0 bridgehead atoms. The molecule has 2 nitrogen and oxygen atoms in total. The van der Waals surface area contributed by atoms with Crippen molar-refractivity contribution in [2.24, 2.45) is 0 Å². The lowest BCUT2D eigenvalue weighted by Crippen LogP contribution is -2.60. The number of benzene rings is 1. The third-order valence-corrected chi connectivity index (χ3v) is 4.65. The maximum absolute atomic E-state index is 3.62. The summed E-state index contributed by atoms with van der Waals surface area (Å²) >= 11 is 0. The van der Waals surface area contributed by atoms with Gasteiger partial charge in [-0.1, -0.05) is 18.2 Å². The van der Waals surface area contributed by atoms with Gasteiger partial charge >= 0.3 is 0 Å². The van der Waals surface area contributed by atoms with Crippen molar-refractivity contribution in [3.05, 3.63) is 34.9 Å². The Morgan fingerprint density at radius 3 is 2.89 bits per heavy atom. The number of nitrogens with one attached hydrogen (secondary N) is 1. The average molecular weight is 258 g/mol. The highest BCUT2D eigenvalue weighted by Gasteiger charge is 2.30. The van der Waals surface area contributed by atoms with Gasteiger partial charge in [-0.3, -0.25) is 4.90 Å². The zero-order chi connectivity index (χ0) is 13.5. The summed E-state index contributed by atoms with van der Waals surface area (Å²) in [6.45, 7) is 10.3. The van der Waals surface area contributed by atoms with Crippen LogP contribution in [0.4, 0.5) is 0 Å². The molecule has 19 heavy (non-hydrogen) atoms. The molecule has 1 N–H and O–H groups in total. The Hall–Kier alpha value is -0.860. The van der Waals surface area contributed by atoms with Crippen LogP contribution in [0.2, 0.25) is 0 Å². The van der Waals surface area contributed by atoms with E-state index in [-0.39, 0.29) is 5.54 Å². The highest BCUT2D eigenvalue weighted by Crippen LogP contribution is 2.24. The standard InChI is InChI=1S/C17H26N2/c1-13-10-18-17(2,3)12-19(13)11-14-7-8-15-5-4-6-16(15)9-14/h7-9,13,18H,4-6,10-12H2,1-3H3. The molecule has 1 aromatic rings.